The van der Waals surface area contributed by atoms with Gasteiger partial charge in [0.25, 0.3) is 0 Å². The Balaban J connectivity index is 2.25. The van der Waals surface area contributed by atoms with Crippen LogP contribution in [0, 0.1) is 0 Å². The summed E-state index contributed by atoms with van der Waals surface area (Å²) in [5, 5.41) is 9.09. The molecule has 0 aromatic carbocycles. The molecule has 98 valence electrons. The first-order valence-electron chi connectivity index (χ1n) is 6.85. The molecule has 0 spiro atoms. The van der Waals surface area contributed by atoms with Gasteiger partial charge in [0, 0.05) is 13.1 Å². The summed E-state index contributed by atoms with van der Waals surface area (Å²) in [6, 6.07) is 0. The van der Waals surface area contributed by atoms with Gasteiger partial charge in [-0.05, 0) is 25.0 Å². The van der Waals surface area contributed by atoms with Gasteiger partial charge in [0.05, 0.1) is 5.57 Å². The number of carbonyl (C=O) groups is 1. The number of carboxylic acids is 1. The molecule has 0 aliphatic carbocycles. The Bertz CT molecular complexity index is 284. The molecule has 0 aromatic rings. The molecule has 3 heteroatoms. The predicted octanol–water partition coefficient (Wildman–Crippen LogP) is 3.06. The second kappa shape index (κ2) is 7.49. The van der Waals surface area contributed by atoms with Crippen LogP contribution in [0.3, 0.4) is 0 Å². The van der Waals surface area contributed by atoms with Gasteiger partial charge in [0.1, 0.15) is 0 Å². The standard InChI is InChI=1S/C14H25NO2/c1-3-5-6-7-8-9-15-10-12(4-2)13(11-15)14(16)17/h3-11H2,1-2H3,(H,16,17). The van der Waals surface area contributed by atoms with Crippen LogP contribution in [0.2, 0.25) is 0 Å². The number of nitrogens with zero attached hydrogens (tertiary/aromatic N) is 1. The van der Waals surface area contributed by atoms with E-state index in [1.54, 1.807) is 0 Å². The Kier molecular flexibility index (Phi) is 6.27. The molecule has 0 radical (unpaired) electrons. The van der Waals surface area contributed by atoms with Crippen molar-refractivity contribution in [1.29, 1.82) is 0 Å². The van der Waals surface area contributed by atoms with Crippen molar-refractivity contribution in [3.8, 4) is 0 Å². The normalized spacial score (nSPS) is 16.8. The van der Waals surface area contributed by atoms with Crippen LogP contribution in [-0.4, -0.2) is 35.6 Å². The molecule has 1 aliphatic rings. The van der Waals surface area contributed by atoms with Crippen molar-refractivity contribution in [2.75, 3.05) is 19.6 Å². The number of hydrogen-bond acceptors (Lipinski definition) is 2. The zero-order valence-electron chi connectivity index (χ0n) is 11.2. The van der Waals surface area contributed by atoms with Crippen LogP contribution in [0.1, 0.15) is 52.4 Å². The third-order valence-electron chi connectivity index (χ3n) is 3.49. The van der Waals surface area contributed by atoms with Gasteiger partial charge in [-0.1, -0.05) is 39.5 Å². The molecule has 0 unspecified atom stereocenters. The van der Waals surface area contributed by atoms with Crippen molar-refractivity contribution in [3.63, 3.8) is 0 Å². The number of unbranched alkanes of at least 4 members (excludes halogenated alkanes) is 4. The van der Waals surface area contributed by atoms with Crippen LogP contribution < -0.4 is 0 Å². The van der Waals surface area contributed by atoms with E-state index in [0.29, 0.717) is 12.1 Å². The van der Waals surface area contributed by atoms with Crippen LogP contribution in [0.5, 0.6) is 0 Å². The first-order valence-corrected chi connectivity index (χ1v) is 6.85. The summed E-state index contributed by atoms with van der Waals surface area (Å²) in [4.78, 5) is 13.3. The Morgan fingerprint density at radius 2 is 1.88 bits per heavy atom. The largest absolute Gasteiger partial charge is 0.478 e. The maximum Gasteiger partial charge on any atom is 0.332 e. The quantitative estimate of drug-likeness (QED) is 0.662. The monoisotopic (exact) mass is 239 g/mol. The molecule has 0 saturated carbocycles. The fourth-order valence-corrected chi connectivity index (χ4v) is 2.40. The number of rotatable bonds is 8. The van der Waals surface area contributed by atoms with Gasteiger partial charge in [-0.2, -0.15) is 0 Å². The molecule has 0 atom stereocenters. The lowest BCUT2D eigenvalue weighted by molar-refractivity contribution is -0.132. The lowest BCUT2D eigenvalue weighted by atomic mass is 10.1. The van der Waals surface area contributed by atoms with Gasteiger partial charge >= 0.3 is 5.97 Å². The minimum absolute atomic E-state index is 0.640. The first-order chi connectivity index (χ1) is 8.19. The Hall–Kier alpha value is -0.830. The third kappa shape index (κ3) is 4.50. The van der Waals surface area contributed by atoms with Gasteiger partial charge in [-0.15, -0.1) is 0 Å². The second-order valence-electron chi connectivity index (χ2n) is 4.87. The Morgan fingerprint density at radius 1 is 1.18 bits per heavy atom. The number of carboxylic acid groups (broad SMARTS) is 1. The van der Waals surface area contributed by atoms with Crippen molar-refractivity contribution < 1.29 is 9.90 Å². The highest BCUT2D eigenvalue weighted by Gasteiger charge is 2.24. The smallest absolute Gasteiger partial charge is 0.332 e. The zero-order valence-corrected chi connectivity index (χ0v) is 11.2. The highest BCUT2D eigenvalue weighted by atomic mass is 16.4. The molecule has 3 nitrogen and oxygen atoms in total. The topological polar surface area (TPSA) is 40.5 Å². The van der Waals surface area contributed by atoms with Crippen LogP contribution >= 0.6 is 0 Å². The van der Waals surface area contributed by atoms with Crippen LogP contribution in [0.4, 0.5) is 0 Å². The van der Waals surface area contributed by atoms with Crippen molar-refractivity contribution in [2.24, 2.45) is 0 Å². The van der Waals surface area contributed by atoms with E-state index in [0.717, 1.165) is 25.1 Å². The van der Waals surface area contributed by atoms with Crippen LogP contribution in [0.15, 0.2) is 11.1 Å². The lowest BCUT2D eigenvalue weighted by Gasteiger charge is -2.15. The van der Waals surface area contributed by atoms with Crippen molar-refractivity contribution >= 4 is 5.97 Å². The van der Waals surface area contributed by atoms with Crippen molar-refractivity contribution in [2.45, 2.75) is 52.4 Å². The Labute approximate surface area is 105 Å². The molecule has 17 heavy (non-hydrogen) atoms. The molecule has 0 fully saturated rings. The summed E-state index contributed by atoms with van der Waals surface area (Å²) in [6.07, 6.45) is 7.24. The van der Waals surface area contributed by atoms with E-state index >= 15 is 0 Å². The molecular formula is C14H25NO2. The van der Waals surface area contributed by atoms with E-state index in [2.05, 4.69) is 11.8 Å². The molecule has 0 aromatic heterocycles. The minimum atomic E-state index is -0.727. The molecule has 1 heterocycles. The molecule has 0 bridgehead atoms. The Morgan fingerprint density at radius 3 is 2.41 bits per heavy atom. The van der Waals surface area contributed by atoms with Crippen molar-refractivity contribution in [3.05, 3.63) is 11.1 Å². The van der Waals surface area contributed by atoms with E-state index in [-0.39, 0.29) is 0 Å². The van der Waals surface area contributed by atoms with E-state index in [4.69, 9.17) is 5.11 Å². The molecule has 0 saturated heterocycles. The summed E-state index contributed by atoms with van der Waals surface area (Å²) in [7, 11) is 0. The average Bonchev–Trinajstić information content (AvgIpc) is 2.72. The third-order valence-corrected chi connectivity index (χ3v) is 3.49. The van der Waals surface area contributed by atoms with Gasteiger partial charge in [0.15, 0.2) is 0 Å². The SMILES string of the molecule is CCCCCCCN1CC(CC)=C(C(=O)O)C1. The minimum Gasteiger partial charge on any atom is -0.478 e. The first kappa shape index (κ1) is 14.2. The van der Waals surface area contributed by atoms with Gasteiger partial charge in [-0.25, -0.2) is 4.79 Å². The lowest BCUT2D eigenvalue weighted by Crippen LogP contribution is -2.23. The van der Waals surface area contributed by atoms with E-state index in [9.17, 15) is 4.79 Å². The maximum atomic E-state index is 11.0. The summed E-state index contributed by atoms with van der Waals surface area (Å²) >= 11 is 0. The number of hydrogen-bond donors (Lipinski definition) is 1. The molecule has 1 aliphatic heterocycles. The molecular weight excluding hydrogens is 214 g/mol. The molecule has 0 amide bonds. The highest BCUT2D eigenvalue weighted by Crippen LogP contribution is 2.20. The highest BCUT2D eigenvalue weighted by molar-refractivity contribution is 5.88. The number of aliphatic carboxylic acids is 1. The van der Waals surface area contributed by atoms with Gasteiger partial charge in [0.2, 0.25) is 0 Å². The van der Waals surface area contributed by atoms with Gasteiger partial charge in [-0.3, -0.25) is 4.90 Å². The van der Waals surface area contributed by atoms with E-state index < -0.39 is 5.97 Å². The predicted molar refractivity (Wildman–Crippen MR) is 70.2 cm³/mol. The van der Waals surface area contributed by atoms with Gasteiger partial charge < -0.3 is 5.11 Å². The maximum absolute atomic E-state index is 11.0. The van der Waals surface area contributed by atoms with Crippen molar-refractivity contribution in [1.82, 2.24) is 4.90 Å². The summed E-state index contributed by atoms with van der Waals surface area (Å²) in [6.45, 7) is 6.82. The van der Waals surface area contributed by atoms with E-state index in [1.165, 1.54) is 32.1 Å². The summed E-state index contributed by atoms with van der Waals surface area (Å²) in [5.74, 6) is -0.727. The average molecular weight is 239 g/mol. The fraction of sp³-hybridized carbons (Fsp3) is 0.786. The van der Waals surface area contributed by atoms with Crippen LogP contribution in [-0.2, 0) is 4.79 Å². The molecule has 1 N–H and O–H groups in total. The second-order valence-corrected chi connectivity index (χ2v) is 4.87. The summed E-state index contributed by atoms with van der Waals surface area (Å²) < 4.78 is 0. The molecule has 1 rings (SSSR count). The summed E-state index contributed by atoms with van der Waals surface area (Å²) in [5.41, 5.74) is 1.76. The fourth-order valence-electron chi connectivity index (χ4n) is 2.40. The van der Waals surface area contributed by atoms with Crippen LogP contribution in [0.25, 0.3) is 0 Å². The van der Waals surface area contributed by atoms with E-state index in [1.807, 2.05) is 6.92 Å². The zero-order chi connectivity index (χ0) is 12.7.